The molecular formula is C14H20N2. The molecule has 0 atom stereocenters. The van der Waals surface area contributed by atoms with Crippen molar-refractivity contribution in [1.82, 2.24) is 9.38 Å². The monoisotopic (exact) mass is 216 g/mol. The minimum Gasteiger partial charge on any atom is -0.305 e. The van der Waals surface area contributed by atoms with Crippen LogP contribution >= 0.6 is 0 Å². The molecule has 0 spiro atoms. The van der Waals surface area contributed by atoms with E-state index in [1.54, 1.807) is 0 Å². The van der Waals surface area contributed by atoms with Gasteiger partial charge in [0.1, 0.15) is 5.65 Å². The van der Waals surface area contributed by atoms with Crippen LogP contribution in [0.15, 0.2) is 24.5 Å². The minimum atomic E-state index is 0.156. The van der Waals surface area contributed by atoms with Crippen LogP contribution in [0.25, 0.3) is 5.65 Å². The van der Waals surface area contributed by atoms with Crippen LogP contribution in [-0.4, -0.2) is 9.38 Å². The first kappa shape index (κ1) is 11.2. The summed E-state index contributed by atoms with van der Waals surface area (Å²) in [6, 6.07) is 4.26. The summed E-state index contributed by atoms with van der Waals surface area (Å²) in [5.74, 6) is 0.520. The van der Waals surface area contributed by atoms with Crippen LogP contribution in [0.2, 0.25) is 0 Å². The Balaban J connectivity index is 2.65. The van der Waals surface area contributed by atoms with Crippen molar-refractivity contribution in [1.29, 1.82) is 0 Å². The Bertz CT molecular complexity index is 501. The van der Waals surface area contributed by atoms with Gasteiger partial charge in [-0.25, -0.2) is 4.98 Å². The molecular weight excluding hydrogens is 196 g/mol. The van der Waals surface area contributed by atoms with E-state index < -0.39 is 0 Å². The van der Waals surface area contributed by atoms with E-state index in [2.05, 4.69) is 62.3 Å². The third-order valence-electron chi connectivity index (χ3n) is 2.96. The first-order valence-corrected chi connectivity index (χ1v) is 5.87. The van der Waals surface area contributed by atoms with E-state index in [1.165, 1.54) is 11.3 Å². The maximum atomic E-state index is 4.50. The second-order valence-electron chi connectivity index (χ2n) is 5.74. The molecule has 0 saturated heterocycles. The molecule has 0 amide bonds. The second-order valence-corrected chi connectivity index (χ2v) is 5.74. The molecule has 16 heavy (non-hydrogen) atoms. The normalized spacial score (nSPS) is 12.6. The molecule has 0 aliphatic rings. The molecule has 2 aromatic rings. The van der Waals surface area contributed by atoms with Crippen molar-refractivity contribution in [3.05, 3.63) is 35.8 Å². The predicted octanol–water partition coefficient (Wildman–Crippen LogP) is 3.76. The number of nitrogens with zero attached hydrogens (tertiary/aromatic N) is 2. The molecule has 2 rings (SSSR count). The van der Waals surface area contributed by atoms with Crippen molar-refractivity contribution < 1.29 is 0 Å². The molecule has 0 radical (unpaired) electrons. The molecule has 2 heteroatoms. The molecule has 2 aromatic heterocycles. The van der Waals surface area contributed by atoms with Crippen molar-refractivity contribution in [2.24, 2.45) is 0 Å². The Labute approximate surface area is 97.3 Å². The molecule has 0 unspecified atom stereocenters. The van der Waals surface area contributed by atoms with Crippen LogP contribution in [0.4, 0.5) is 0 Å². The minimum absolute atomic E-state index is 0.156. The SMILES string of the molecule is CC(C)c1cnc2ccc(C(C)(C)C)n2c1. The van der Waals surface area contributed by atoms with Gasteiger partial charge in [-0.2, -0.15) is 0 Å². The molecule has 2 heterocycles. The highest BCUT2D eigenvalue weighted by Gasteiger charge is 2.18. The van der Waals surface area contributed by atoms with Crippen LogP contribution in [-0.2, 0) is 5.41 Å². The van der Waals surface area contributed by atoms with Gasteiger partial charge in [0.25, 0.3) is 0 Å². The average molecular weight is 216 g/mol. The summed E-state index contributed by atoms with van der Waals surface area (Å²) in [4.78, 5) is 4.50. The average Bonchev–Trinajstić information content (AvgIpc) is 2.58. The van der Waals surface area contributed by atoms with Gasteiger partial charge in [0.2, 0.25) is 0 Å². The largest absolute Gasteiger partial charge is 0.305 e. The van der Waals surface area contributed by atoms with Crippen molar-refractivity contribution in [3.63, 3.8) is 0 Å². The van der Waals surface area contributed by atoms with Gasteiger partial charge in [-0.1, -0.05) is 34.6 Å². The van der Waals surface area contributed by atoms with Crippen molar-refractivity contribution in [3.8, 4) is 0 Å². The van der Waals surface area contributed by atoms with E-state index in [0.29, 0.717) is 5.92 Å². The summed E-state index contributed by atoms with van der Waals surface area (Å²) in [5.41, 5.74) is 3.80. The zero-order valence-electron chi connectivity index (χ0n) is 10.8. The summed E-state index contributed by atoms with van der Waals surface area (Å²) >= 11 is 0. The van der Waals surface area contributed by atoms with Crippen LogP contribution in [0, 0.1) is 0 Å². The van der Waals surface area contributed by atoms with Gasteiger partial charge in [0, 0.05) is 23.5 Å². The lowest BCUT2D eigenvalue weighted by Gasteiger charge is -2.19. The summed E-state index contributed by atoms with van der Waals surface area (Å²) < 4.78 is 2.22. The lowest BCUT2D eigenvalue weighted by atomic mass is 9.92. The van der Waals surface area contributed by atoms with Gasteiger partial charge in [0.05, 0.1) is 0 Å². The van der Waals surface area contributed by atoms with Crippen LogP contribution in [0.5, 0.6) is 0 Å². The number of hydrogen-bond acceptors (Lipinski definition) is 1. The predicted molar refractivity (Wildman–Crippen MR) is 68.0 cm³/mol. The summed E-state index contributed by atoms with van der Waals surface area (Å²) in [5, 5.41) is 0. The molecule has 0 bridgehead atoms. The smallest absolute Gasteiger partial charge is 0.136 e. The van der Waals surface area contributed by atoms with Crippen LogP contribution in [0.1, 0.15) is 51.8 Å². The summed E-state index contributed by atoms with van der Waals surface area (Å²) in [6.45, 7) is 11.1. The van der Waals surface area contributed by atoms with Gasteiger partial charge < -0.3 is 4.40 Å². The van der Waals surface area contributed by atoms with Crippen molar-refractivity contribution in [2.45, 2.75) is 46.0 Å². The van der Waals surface area contributed by atoms with Gasteiger partial charge in [0.15, 0.2) is 0 Å². The van der Waals surface area contributed by atoms with Gasteiger partial charge in [-0.3, -0.25) is 0 Å². The zero-order valence-corrected chi connectivity index (χ0v) is 10.8. The fraction of sp³-hybridized carbons (Fsp3) is 0.500. The van der Waals surface area contributed by atoms with E-state index in [1.807, 2.05) is 6.20 Å². The number of fused-ring (bicyclic) bond motifs is 1. The number of aromatic nitrogens is 2. The highest BCUT2D eigenvalue weighted by molar-refractivity contribution is 5.44. The molecule has 0 saturated carbocycles. The Morgan fingerprint density at radius 3 is 2.44 bits per heavy atom. The second kappa shape index (κ2) is 3.62. The van der Waals surface area contributed by atoms with Gasteiger partial charge >= 0.3 is 0 Å². The van der Waals surface area contributed by atoms with Crippen LogP contribution in [0.3, 0.4) is 0 Å². The number of hydrogen-bond donors (Lipinski definition) is 0. The third kappa shape index (κ3) is 1.84. The molecule has 0 aliphatic heterocycles. The quantitative estimate of drug-likeness (QED) is 0.709. The Kier molecular flexibility index (Phi) is 2.53. The van der Waals surface area contributed by atoms with Crippen molar-refractivity contribution in [2.75, 3.05) is 0 Å². The number of rotatable bonds is 1. The zero-order chi connectivity index (χ0) is 11.9. The Morgan fingerprint density at radius 2 is 1.88 bits per heavy atom. The van der Waals surface area contributed by atoms with E-state index in [-0.39, 0.29) is 5.41 Å². The van der Waals surface area contributed by atoms with Crippen molar-refractivity contribution >= 4 is 5.65 Å². The maximum Gasteiger partial charge on any atom is 0.136 e. The fourth-order valence-corrected chi connectivity index (χ4v) is 1.91. The third-order valence-corrected chi connectivity index (χ3v) is 2.96. The first-order chi connectivity index (χ1) is 7.39. The first-order valence-electron chi connectivity index (χ1n) is 5.87. The maximum absolute atomic E-state index is 4.50. The van der Waals surface area contributed by atoms with E-state index >= 15 is 0 Å². The van der Waals surface area contributed by atoms with E-state index in [0.717, 1.165) is 5.65 Å². The Hall–Kier alpha value is -1.31. The molecule has 0 N–H and O–H groups in total. The van der Waals surface area contributed by atoms with Crippen LogP contribution < -0.4 is 0 Å². The standard InChI is InChI=1S/C14H20N2/c1-10(2)11-8-15-13-7-6-12(14(3,4)5)16(13)9-11/h6-10H,1-5H3. The highest BCUT2D eigenvalue weighted by atomic mass is 15.0. The Morgan fingerprint density at radius 1 is 1.19 bits per heavy atom. The summed E-state index contributed by atoms with van der Waals surface area (Å²) in [7, 11) is 0. The summed E-state index contributed by atoms with van der Waals surface area (Å²) in [6.07, 6.45) is 4.19. The lowest BCUT2D eigenvalue weighted by molar-refractivity contribution is 0.562. The van der Waals surface area contributed by atoms with Gasteiger partial charge in [-0.15, -0.1) is 0 Å². The highest BCUT2D eigenvalue weighted by Crippen LogP contribution is 2.25. The van der Waals surface area contributed by atoms with E-state index in [4.69, 9.17) is 0 Å². The molecule has 0 aliphatic carbocycles. The van der Waals surface area contributed by atoms with E-state index in [9.17, 15) is 0 Å². The molecule has 2 nitrogen and oxygen atoms in total. The lowest BCUT2D eigenvalue weighted by Crippen LogP contribution is -2.14. The molecule has 86 valence electrons. The fourth-order valence-electron chi connectivity index (χ4n) is 1.91. The molecule has 0 fully saturated rings. The molecule has 0 aromatic carbocycles. The van der Waals surface area contributed by atoms with Gasteiger partial charge in [-0.05, 0) is 23.6 Å². The topological polar surface area (TPSA) is 17.3 Å².